The predicted molar refractivity (Wildman–Crippen MR) is 45.0 cm³/mol. The second kappa shape index (κ2) is 3.23. The summed E-state index contributed by atoms with van der Waals surface area (Å²) >= 11 is 0. The zero-order valence-electron chi connectivity index (χ0n) is 7.35. The van der Waals surface area contributed by atoms with Gasteiger partial charge in [0, 0.05) is 6.54 Å². The smallest absolute Gasteiger partial charge is 0.0950 e. The number of nitriles is 1. The number of hydrogen-bond donors (Lipinski definition) is 1. The van der Waals surface area contributed by atoms with Gasteiger partial charge < -0.3 is 5.32 Å². The fraction of sp³-hybridized carbons (Fsp3) is 0.889. The maximum Gasteiger partial charge on any atom is 0.0950 e. The number of rotatable bonds is 4. The summed E-state index contributed by atoms with van der Waals surface area (Å²) in [7, 11) is 0. The maximum atomic E-state index is 8.63. The molecule has 0 saturated heterocycles. The van der Waals surface area contributed by atoms with E-state index in [9.17, 15) is 0 Å². The van der Waals surface area contributed by atoms with Gasteiger partial charge in [0.05, 0.1) is 12.1 Å². The van der Waals surface area contributed by atoms with Crippen molar-refractivity contribution in [1.82, 2.24) is 5.32 Å². The van der Waals surface area contributed by atoms with Gasteiger partial charge in [-0.15, -0.1) is 0 Å². The van der Waals surface area contributed by atoms with Crippen molar-refractivity contribution in [2.24, 2.45) is 5.41 Å². The second-order valence-electron chi connectivity index (χ2n) is 3.78. The van der Waals surface area contributed by atoms with Gasteiger partial charge in [0.25, 0.3) is 0 Å². The minimum absolute atomic E-state index is 0.0624. The lowest BCUT2D eigenvalue weighted by Gasteiger charge is -2.12. The molecule has 0 radical (unpaired) electrons. The normalized spacial score (nSPS) is 22.3. The Morgan fingerprint density at radius 1 is 1.64 bits per heavy atom. The average Bonchev–Trinajstić information content (AvgIpc) is 2.71. The first-order valence-electron chi connectivity index (χ1n) is 4.33. The van der Waals surface area contributed by atoms with E-state index in [2.05, 4.69) is 18.3 Å². The zero-order valence-corrected chi connectivity index (χ0v) is 7.35. The third kappa shape index (κ3) is 2.51. The Morgan fingerprint density at radius 3 is 2.64 bits per heavy atom. The van der Waals surface area contributed by atoms with Crippen LogP contribution < -0.4 is 5.32 Å². The molecule has 0 aromatic heterocycles. The Hall–Kier alpha value is -0.550. The van der Waals surface area contributed by atoms with Crippen LogP contribution in [0.25, 0.3) is 0 Å². The molecule has 0 amide bonds. The van der Waals surface area contributed by atoms with Crippen LogP contribution in [0.4, 0.5) is 0 Å². The number of nitrogens with one attached hydrogen (secondary N) is 1. The first kappa shape index (κ1) is 8.55. The molecule has 0 aromatic carbocycles. The third-order valence-electron chi connectivity index (χ3n) is 2.44. The minimum atomic E-state index is 0.0624. The summed E-state index contributed by atoms with van der Waals surface area (Å²) in [5.41, 5.74) is 0.518. The van der Waals surface area contributed by atoms with Crippen molar-refractivity contribution in [2.45, 2.75) is 39.2 Å². The van der Waals surface area contributed by atoms with E-state index in [1.807, 2.05) is 6.92 Å². The molecule has 1 N–H and O–H groups in total. The van der Waals surface area contributed by atoms with E-state index >= 15 is 0 Å². The fourth-order valence-electron chi connectivity index (χ4n) is 1.04. The van der Waals surface area contributed by atoms with E-state index in [-0.39, 0.29) is 6.04 Å². The minimum Gasteiger partial charge on any atom is -0.301 e. The topological polar surface area (TPSA) is 35.8 Å². The Labute approximate surface area is 68.6 Å². The Kier molecular flexibility index (Phi) is 2.51. The molecular weight excluding hydrogens is 136 g/mol. The van der Waals surface area contributed by atoms with Gasteiger partial charge in [0.1, 0.15) is 0 Å². The zero-order chi connectivity index (χ0) is 8.32. The molecule has 1 fully saturated rings. The van der Waals surface area contributed by atoms with Crippen molar-refractivity contribution in [3.63, 3.8) is 0 Å². The molecule has 1 atom stereocenters. The van der Waals surface area contributed by atoms with Crippen molar-refractivity contribution in [3.05, 3.63) is 0 Å². The van der Waals surface area contributed by atoms with Gasteiger partial charge in [-0.3, -0.25) is 0 Å². The van der Waals surface area contributed by atoms with E-state index in [4.69, 9.17) is 5.26 Å². The van der Waals surface area contributed by atoms with E-state index in [1.165, 1.54) is 12.8 Å². The Bertz CT molecular complexity index is 165. The molecule has 0 heterocycles. The van der Waals surface area contributed by atoms with Gasteiger partial charge in [-0.05, 0) is 24.7 Å². The van der Waals surface area contributed by atoms with Crippen LogP contribution in [0.2, 0.25) is 0 Å². The molecule has 1 rings (SSSR count). The highest BCUT2D eigenvalue weighted by Crippen LogP contribution is 2.44. The van der Waals surface area contributed by atoms with Crippen LogP contribution in [0.1, 0.15) is 33.1 Å². The lowest BCUT2D eigenvalue weighted by Crippen LogP contribution is -2.31. The van der Waals surface area contributed by atoms with Crippen molar-refractivity contribution >= 4 is 0 Å². The lowest BCUT2D eigenvalue weighted by atomic mass is 10.1. The summed E-state index contributed by atoms with van der Waals surface area (Å²) in [6.07, 6.45) is 3.55. The number of nitrogens with zero attached hydrogens (tertiary/aromatic N) is 1. The number of hydrogen-bond acceptors (Lipinski definition) is 2. The van der Waals surface area contributed by atoms with Crippen LogP contribution in [0, 0.1) is 16.7 Å². The van der Waals surface area contributed by atoms with Crippen LogP contribution in [0.3, 0.4) is 0 Å². The summed E-state index contributed by atoms with van der Waals surface area (Å²) in [5, 5.41) is 11.9. The van der Waals surface area contributed by atoms with Gasteiger partial charge in [0.15, 0.2) is 0 Å². The van der Waals surface area contributed by atoms with Gasteiger partial charge >= 0.3 is 0 Å². The van der Waals surface area contributed by atoms with Crippen LogP contribution in [0.5, 0.6) is 0 Å². The molecule has 0 aromatic rings. The standard InChI is InChI=1S/C9H16N2/c1-3-8(6-10)11-7-9(2)4-5-9/h8,11H,3-5,7H2,1-2H3. The first-order chi connectivity index (χ1) is 5.20. The molecule has 2 heteroatoms. The molecule has 11 heavy (non-hydrogen) atoms. The summed E-state index contributed by atoms with van der Waals surface area (Å²) in [5.74, 6) is 0. The van der Waals surface area contributed by atoms with Crippen molar-refractivity contribution in [3.8, 4) is 6.07 Å². The average molecular weight is 152 g/mol. The Morgan fingerprint density at radius 2 is 2.27 bits per heavy atom. The second-order valence-corrected chi connectivity index (χ2v) is 3.78. The SMILES string of the molecule is CCC(C#N)NCC1(C)CC1. The molecule has 1 unspecified atom stereocenters. The molecule has 62 valence electrons. The van der Waals surface area contributed by atoms with Crippen LogP contribution in [-0.2, 0) is 0 Å². The van der Waals surface area contributed by atoms with Gasteiger partial charge in [0.2, 0.25) is 0 Å². The van der Waals surface area contributed by atoms with Crippen LogP contribution in [0.15, 0.2) is 0 Å². The fourth-order valence-corrected chi connectivity index (χ4v) is 1.04. The van der Waals surface area contributed by atoms with Crippen molar-refractivity contribution < 1.29 is 0 Å². The van der Waals surface area contributed by atoms with E-state index in [1.54, 1.807) is 0 Å². The quantitative estimate of drug-likeness (QED) is 0.665. The first-order valence-corrected chi connectivity index (χ1v) is 4.33. The van der Waals surface area contributed by atoms with Crippen LogP contribution in [-0.4, -0.2) is 12.6 Å². The van der Waals surface area contributed by atoms with Crippen molar-refractivity contribution in [1.29, 1.82) is 5.26 Å². The van der Waals surface area contributed by atoms with Gasteiger partial charge in [-0.2, -0.15) is 5.26 Å². The summed E-state index contributed by atoms with van der Waals surface area (Å²) in [6.45, 7) is 5.32. The molecule has 0 spiro atoms. The molecule has 0 aliphatic heterocycles. The molecule has 1 aliphatic carbocycles. The highest BCUT2D eigenvalue weighted by atomic mass is 14.9. The Balaban J connectivity index is 2.16. The summed E-state index contributed by atoms with van der Waals surface area (Å²) < 4.78 is 0. The summed E-state index contributed by atoms with van der Waals surface area (Å²) in [6, 6.07) is 2.30. The largest absolute Gasteiger partial charge is 0.301 e. The van der Waals surface area contributed by atoms with E-state index in [0.717, 1.165) is 13.0 Å². The van der Waals surface area contributed by atoms with E-state index in [0.29, 0.717) is 5.41 Å². The molecular formula is C9H16N2. The molecule has 1 aliphatic rings. The third-order valence-corrected chi connectivity index (χ3v) is 2.44. The van der Waals surface area contributed by atoms with Crippen molar-refractivity contribution in [2.75, 3.05) is 6.54 Å². The predicted octanol–water partition coefficient (Wildman–Crippen LogP) is 1.68. The monoisotopic (exact) mass is 152 g/mol. The van der Waals surface area contributed by atoms with Crippen LogP contribution >= 0.6 is 0 Å². The maximum absolute atomic E-state index is 8.63. The molecule has 2 nitrogen and oxygen atoms in total. The van der Waals surface area contributed by atoms with Gasteiger partial charge in [-0.1, -0.05) is 13.8 Å². The molecule has 0 bridgehead atoms. The van der Waals surface area contributed by atoms with E-state index < -0.39 is 0 Å². The molecule has 1 saturated carbocycles. The highest BCUT2D eigenvalue weighted by molar-refractivity contribution is 4.95. The highest BCUT2D eigenvalue weighted by Gasteiger charge is 2.36. The lowest BCUT2D eigenvalue weighted by molar-refractivity contribution is 0.467. The van der Waals surface area contributed by atoms with Gasteiger partial charge in [-0.25, -0.2) is 0 Å². The summed E-state index contributed by atoms with van der Waals surface area (Å²) in [4.78, 5) is 0.